The highest BCUT2D eigenvalue weighted by atomic mass is 16.3. The van der Waals surface area contributed by atoms with Crippen LogP contribution in [-0.2, 0) is 17.6 Å². The molecule has 146 valence electrons. The molecule has 3 aromatic rings. The summed E-state index contributed by atoms with van der Waals surface area (Å²) in [5, 5.41) is 14.6. The maximum absolute atomic E-state index is 12.7. The summed E-state index contributed by atoms with van der Waals surface area (Å²) in [4.78, 5) is 27.1. The van der Waals surface area contributed by atoms with Crippen LogP contribution in [0.2, 0.25) is 0 Å². The Bertz CT molecular complexity index is 987. The molecule has 1 aliphatic heterocycles. The highest BCUT2D eigenvalue weighted by Crippen LogP contribution is 2.23. The lowest BCUT2D eigenvalue weighted by molar-refractivity contribution is -0.130. The third kappa shape index (κ3) is 3.60. The predicted molar refractivity (Wildman–Crippen MR) is 103 cm³/mol. The van der Waals surface area contributed by atoms with Crippen LogP contribution in [-0.4, -0.2) is 59.7 Å². The van der Waals surface area contributed by atoms with Crippen molar-refractivity contribution in [2.75, 3.05) is 13.1 Å². The van der Waals surface area contributed by atoms with E-state index in [1.54, 1.807) is 21.8 Å². The van der Waals surface area contributed by atoms with Crippen molar-refractivity contribution >= 4 is 11.7 Å². The van der Waals surface area contributed by atoms with E-state index in [0.29, 0.717) is 31.7 Å². The van der Waals surface area contributed by atoms with Gasteiger partial charge in [-0.3, -0.25) is 9.78 Å². The van der Waals surface area contributed by atoms with E-state index >= 15 is 0 Å². The maximum atomic E-state index is 12.7. The summed E-state index contributed by atoms with van der Waals surface area (Å²) in [5.74, 6) is 0.698. The fourth-order valence-corrected chi connectivity index (χ4v) is 3.99. The number of carbonyl (C=O) groups excluding carboxylic acids is 1. The molecule has 0 aliphatic carbocycles. The van der Waals surface area contributed by atoms with Gasteiger partial charge in [0.15, 0.2) is 0 Å². The molecule has 0 bridgehead atoms. The average molecular weight is 380 g/mol. The molecule has 3 aromatic heterocycles. The topological polar surface area (TPSA) is 96.5 Å². The molecule has 2 atom stereocenters. The monoisotopic (exact) mass is 380 g/mol. The van der Waals surface area contributed by atoms with Gasteiger partial charge in [-0.25, -0.2) is 9.50 Å². The largest absolute Gasteiger partial charge is 0.391 e. The van der Waals surface area contributed by atoms with Crippen molar-refractivity contribution in [3.8, 4) is 0 Å². The van der Waals surface area contributed by atoms with Crippen molar-refractivity contribution in [3.05, 3.63) is 53.4 Å². The number of hydrogen-bond donors (Lipinski definition) is 1. The first-order chi connectivity index (χ1) is 13.5. The van der Waals surface area contributed by atoms with Crippen LogP contribution in [0.25, 0.3) is 5.78 Å². The van der Waals surface area contributed by atoms with Gasteiger partial charge in [0.25, 0.3) is 5.78 Å². The molecule has 28 heavy (non-hydrogen) atoms. The molecule has 1 fully saturated rings. The quantitative estimate of drug-likeness (QED) is 0.713. The standard InChI is InChI=1S/C20H24N6O2/c1-13-17(14(2)26-20(24-13)22-12-23-26)3-4-19(28)25-10-16(18(27)11-25)9-15-5-7-21-8-6-15/h5-8,12,16,18,27H,3-4,9-11H2,1-2H3/t16-,18-/m1/s1. The number of aromatic nitrogens is 5. The van der Waals surface area contributed by atoms with Gasteiger partial charge in [0, 0.05) is 49.2 Å². The second kappa shape index (κ2) is 7.63. The van der Waals surface area contributed by atoms with Gasteiger partial charge in [0.1, 0.15) is 6.33 Å². The molecule has 0 saturated carbocycles. The molecule has 8 nitrogen and oxygen atoms in total. The number of aliphatic hydroxyl groups excluding tert-OH is 1. The predicted octanol–water partition coefficient (Wildman–Crippen LogP) is 1.13. The van der Waals surface area contributed by atoms with Crippen molar-refractivity contribution < 1.29 is 9.90 Å². The maximum Gasteiger partial charge on any atom is 0.252 e. The van der Waals surface area contributed by atoms with E-state index in [1.807, 2.05) is 26.0 Å². The summed E-state index contributed by atoms with van der Waals surface area (Å²) in [6.07, 6.45) is 6.23. The average Bonchev–Trinajstić information content (AvgIpc) is 3.29. The van der Waals surface area contributed by atoms with Crippen molar-refractivity contribution in [2.45, 2.75) is 39.2 Å². The minimum atomic E-state index is -0.492. The van der Waals surface area contributed by atoms with Gasteiger partial charge < -0.3 is 10.0 Å². The summed E-state index contributed by atoms with van der Waals surface area (Å²) in [5.41, 5.74) is 4.00. The number of pyridine rings is 1. The molecule has 8 heteroatoms. The minimum absolute atomic E-state index is 0.0583. The SMILES string of the molecule is Cc1nc2ncnn2c(C)c1CCC(=O)N1C[C@@H](Cc2ccncc2)[C@H](O)C1. The Morgan fingerprint density at radius 1 is 1.25 bits per heavy atom. The van der Waals surface area contributed by atoms with E-state index < -0.39 is 6.10 Å². The van der Waals surface area contributed by atoms with Crippen molar-refractivity contribution in [1.29, 1.82) is 0 Å². The highest BCUT2D eigenvalue weighted by Gasteiger charge is 2.33. The summed E-state index contributed by atoms with van der Waals surface area (Å²) in [6.45, 7) is 4.89. The van der Waals surface area contributed by atoms with Crippen LogP contribution in [0.4, 0.5) is 0 Å². The normalized spacial score (nSPS) is 19.5. The number of likely N-dealkylation sites (tertiary alicyclic amines) is 1. The highest BCUT2D eigenvalue weighted by molar-refractivity contribution is 5.77. The summed E-state index contributed by atoms with van der Waals surface area (Å²) in [7, 11) is 0. The van der Waals surface area contributed by atoms with E-state index in [2.05, 4.69) is 20.1 Å². The van der Waals surface area contributed by atoms with Crippen LogP contribution in [0.1, 0.15) is 28.9 Å². The number of aliphatic hydroxyl groups is 1. The Balaban J connectivity index is 1.39. The molecule has 1 N–H and O–H groups in total. The van der Waals surface area contributed by atoms with Gasteiger partial charge in [-0.15, -0.1) is 0 Å². The van der Waals surface area contributed by atoms with Crippen LogP contribution < -0.4 is 0 Å². The number of fused-ring (bicyclic) bond motifs is 1. The van der Waals surface area contributed by atoms with Crippen molar-refractivity contribution in [3.63, 3.8) is 0 Å². The Hall–Kier alpha value is -2.87. The van der Waals surface area contributed by atoms with E-state index in [9.17, 15) is 9.90 Å². The fourth-order valence-electron chi connectivity index (χ4n) is 3.99. The molecule has 0 unspecified atom stereocenters. The molecule has 4 heterocycles. The van der Waals surface area contributed by atoms with E-state index in [-0.39, 0.29) is 11.8 Å². The second-order valence-corrected chi connectivity index (χ2v) is 7.42. The third-order valence-electron chi connectivity index (χ3n) is 5.58. The molecule has 0 aromatic carbocycles. The molecule has 1 aliphatic rings. The van der Waals surface area contributed by atoms with E-state index in [4.69, 9.17) is 0 Å². The lowest BCUT2D eigenvalue weighted by atomic mass is 9.97. The van der Waals surface area contributed by atoms with Gasteiger partial charge in [-0.2, -0.15) is 10.1 Å². The zero-order valence-electron chi connectivity index (χ0n) is 16.1. The number of amides is 1. The number of β-amino-alcohol motifs (C(OH)–C–C–N with tert-alkyl or cyclic N) is 1. The Labute approximate surface area is 163 Å². The number of rotatable bonds is 5. The first kappa shape index (κ1) is 18.5. The van der Waals surface area contributed by atoms with Gasteiger partial charge in [-0.1, -0.05) is 0 Å². The van der Waals surface area contributed by atoms with Gasteiger partial charge in [0.2, 0.25) is 5.91 Å². The first-order valence-electron chi connectivity index (χ1n) is 9.53. The lowest BCUT2D eigenvalue weighted by Crippen LogP contribution is -2.30. The van der Waals surface area contributed by atoms with Crippen LogP contribution in [0.5, 0.6) is 0 Å². The lowest BCUT2D eigenvalue weighted by Gasteiger charge is -2.17. The van der Waals surface area contributed by atoms with Crippen molar-refractivity contribution in [2.24, 2.45) is 5.92 Å². The third-order valence-corrected chi connectivity index (χ3v) is 5.58. The fraction of sp³-hybridized carbons (Fsp3) is 0.450. The zero-order valence-corrected chi connectivity index (χ0v) is 16.1. The molecule has 4 rings (SSSR count). The Morgan fingerprint density at radius 3 is 2.82 bits per heavy atom. The number of nitrogens with zero attached hydrogens (tertiary/aromatic N) is 6. The van der Waals surface area contributed by atoms with Crippen LogP contribution in [0.15, 0.2) is 30.9 Å². The minimum Gasteiger partial charge on any atom is -0.391 e. The molecule has 1 amide bonds. The molecule has 0 spiro atoms. The molecule has 0 radical (unpaired) electrons. The summed E-state index contributed by atoms with van der Waals surface area (Å²) < 4.78 is 1.71. The second-order valence-electron chi connectivity index (χ2n) is 7.42. The summed E-state index contributed by atoms with van der Waals surface area (Å²) >= 11 is 0. The van der Waals surface area contributed by atoms with Gasteiger partial charge >= 0.3 is 0 Å². The number of aryl methyl sites for hydroxylation is 2. The van der Waals surface area contributed by atoms with Crippen LogP contribution in [0.3, 0.4) is 0 Å². The Kier molecular flexibility index (Phi) is 5.04. The molecular weight excluding hydrogens is 356 g/mol. The van der Waals surface area contributed by atoms with Crippen LogP contribution >= 0.6 is 0 Å². The van der Waals surface area contributed by atoms with Crippen molar-refractivity contribution in [1.82, 2.24) is 29.5 Å². The molecular formula is C20H24N6O2. The zero-order chi connectivity index (χ0) is 19.7. The molecule has 1 saturated heterocycles. The van der Waals surface area contributed by atoms with Gasteiger partial charge in [0.05, 0.1) is 6.10 Å². The van der Waals surface area contributed by atoms with E-state index in [1.165, 1.54) is 6.33 Å². The number of hydrogen-bond acceptors (Lipinski definition) is 6. The first-order valence-corrected chi connectivity index (χ1v) is 9.53. The van der Waals surface area contributed by atoms with E-state index in [0.717, 1.165) is 28.9 Å². The Morgan fingerprint density at radius 2 is 2.04 bits per heavy atom. The van der Waals surface area contributed by atoms with Gasteiger partial charge in [-0.05, 0) is 49.9 Å². The van der Waals surface area contributed by atoms with Crippen LogP contribution in [0, 0.1) is 19.8 Å². The summed E-state index contributed by atoms with van der Waals surface area (Å²) in [6, 6.07) is 3.91. The number of carbonyl (C=O) groups is 1. The smallest absolute Gasteiger partial charge is 0.252 e.